The lowest BCUT2D eigenvalue weighted by Gasteiger charge is -2.16. The van der Waals surface area contributed by atoms with E-state index in [1.54, 1.807) is 7.11 Å². The van der Waals surface area contributed by atoms with Crippen LogP contribution in [-0.4, -0.2) is 47.1 Å². The molecule has 0 bridgehead atoms. The number of para-hydroxylation sites is 1. The van der Waals surface area contributed by atoms with Crippen molar-refractivity contribution in [1.82, 2.24) is 25.5 Å². The van der Waals surface area contributed by atoms with E-state index in [-0.39, 0.29) is 12.1 Å². The Balaban J connectivity index is 1.80. The standard InChI is InChI=1S/C14H19N5O2/c1-10(15-7-8-20-2)14-16-17-18-19(14)12-9-21-13-6-4-3-5-11(12)13/h3-6,10,12,15H,7-9H2,1-2H3. The molecule has 0 saturated heterocycles. The molecule has 2 atom stereocenters. The maximum absolute atomic E-state index is 5.71. The van der Waals surface area contributed by atoms with E-state index in [9.17, 15) is 0 Å². The van der Waals surface area contributed by atoms with Crippen LogP contribution in [0, 0.1) is 0 Å². The molecule has 3 rings (SSSR count). The van der Waals surface area contributed by atoms with Crippen molar-refractivity contribution in [2.75, 3.05) is 26.9 Å². The van der Waals surface area contributed by atoms with Crippen molar-refractivity contribution in [3.8, 4) is 5.75 Å². The largest absolute Gasteiger partial charge is 0.491 e. The van der Waals surface area contributed by atoms with Gasteiger partial charge in [0.15, 0.2) is 5.82 Å². The van der Waals surface area contributed by atoms with Gasteiger partial charge < -0.3 is 14.8 Å². The molecule has 1 aliphatic heterocycles. The van der Waals surface area contributed by atoms with Crippen LogP contribution in [0.3, 0.4) is 0 Å². The lowest BCUT2D eigenvalue weighted by molar-refractivity contribution is 0.195. The summed E-state index contributed by atoms with van der Waals surface area (Å²) in [6.45, 7) is 4.01. The molecule has 2 aromatic rings. The highest BCUT2D eigenvalue weighted by molar-refractivity contribution is 5.39. The highest BCUT2D eigenvalue weighted by Gasteiger charge is 2.29. The minimum Gasteiger partial charge on any atom is -0.491 e. The maximum atomic E-state index is 5.71. The number of hydrogen-bond donors (Lipinski definition) is 1. The van der Waals surface area contributed by atoms with Crippen molar-refractivity contribution in [1.29, 1.82) is 0 Å². The number of methoxy groups -OCH3 is 1. The number of nitrogens with one attached hydrogen (secondary N) is 1. The first-order chi connectivity index (χ1) is 10.3. The Morgan fingerprint density at radius 2 is 2.33 bits per heavy atom. The first kappa shape index (κ1) is 14.0. The zero-order valence-electron chi connectivity index (χ0n) is 12.2. The Bertz CT molecular complexity index is 601. The summed E-state index contributed by atoms with van der Waals surface area (Å²) in [6.07, 6.45) is 0. The summed E-state index contributed by atoms with van der Waals surface area (Å²) in [7, 11) is 1.68. The fourth-order valence-electron chi connectivity index (χ4n) is 2.52. The van der Waals surface area contributed by atoms with E-state index >= 15 is 0 Å². The van der Waals surface area contributed by atoms with Gasteiger partial charge in [0.25, 0.3) is 0 Å². The zero-order valence-corrected chi connectivity index (χ0v) is 12.2. The second-order valence-corrected chi connectivity index (χ2v) is 5.01. The predicted molar refractivity (Wildman–Crippen MR) is 76.2 cm³/mol. The molecule has 1 aromatic carbocycles. The molecule has 2 heterocycles. The van der Waals surface area contributed by atoms with Gasteiger partial charge >= 0.3 is 0 Å². The Kier molecular flexibility index (Phi) is 4.12. The molecule has 0 amide bonds. The predicted octanol–water partition coefficient (Wildman–Crippen LogP) is 0.952. The highest BCUT2D eigenvalue weighted by Crippen LogP contribution is 2.34. The Morgan fingerprint density at radius 3 is 3.19 bits per heavy atom. The molecule has 0 radical (unpaired) electrons. The van der Waals surface area contributed by atoms with Crippen molar-refractivity contribution in [3.05, 3.63) is 35.7 Å². The Hall–Kier alpha value is -1.99. The van der Waals surface area contributed by atoms with Crippen LogP contribution < -0.4 is 10.1 Å². The molecule has 1 N–H and O–H groups in total. The summed E-state index contributed by atoms with van der Waals surface area (Å²) < 4.78 is 12.6. The quantitative estimate of drug-likeness (QED) is 0.798. The number of aromatic nitrogens is 4. The highest BCUT2D eigenvalue weighted by atomic mass is 16.5. The topological polar surface area (TPSA) is 74.1 Å². The van der Waals surface area contributed by atoms with E-state index in [0.717, 1.165) is 23.7 Å². The van der Waals surface area contributed by atoms with Crippen LogP contribution in [0.15, 0.2) is 24.3 Å². The molecule has 0 saturated carbocycles. The zero-order chi connectivity index (χ0) is 14.7. The van der Waals surface area contributed by atoms with Crippen molar-refractivity contribution < 1.29 is 9.47 Å². The first-order valence-corrected chi connectivity index (χ1v) is 7.03. The number of nitrogens with zero attached hydrogens (tertiary/aromatic N) is 4. The van der Waals surface area contributed by atoms with Gasteiger partial charge in [0.2, 0.25) is 0 Å². The fourth-order valence-corrected chi connectivity index (χ4v) is 2.52. The van der Waals surface area contributed by atoms with Gasteiger partial charge in [-0.15, -0.1) is 5.10 Å². The first-order valence-electron chi connectivity index (χ1n) is 7.03. The van der Waals surface area contributed by atoms with Crippen LogP contribution in [0.5, 0.6) is 5.75 Å². The lowest BCUT2D eigenvalue weighted by Crippen LogP contribution is -2.27. The summed E-state index contributed by atoms with van der Waals surface area (Å²) in [5, 5.41) is 15.5. The molecular weight excluding hydrogens is 270 g/mol. The molecule has 1 aliphatic rings. The molecule has 7 nitrogen and oxygen atoms in total. The number of fused-ring (bicyclic) bond motifs is 1. The molecule has 1 aromatic heterocycles. The van der Waals surface area contributed by atoms with Crippen molar-refractivity contribution >= 4 is 0 Å². The second kappa shape index (κ2) is 6.19. The van der Waals surface area contributed by atoms with Crippen LogP contribution in [0.2, 0.25) is 0 Å². The summed E-state index contributed by atoms with van der Waals surface area (Å²) in [5.41, 5.74) is 1.12. The van der Waals surface area contributed by atoms with E-state index in [0.29, 0.717) is 13.2 Å². The summed E-state index contributed by atoms with van der Waals surface area (Å²) >= 11 is 0. The molecule has 0 spiro atoms. The summed E-state index contributed by atoms with van der Waals surface area (Å²) in [5.74, 6) is 1.71. The third-order valence-corrected chi connectivity index (χ3v) is 3.63. The van der Waals surface area contributed by atoms with Crippen molar-refractivity contribution in [2.45, 2.75) is 19.0 Å². The minimum absolute atomic E-state index is 0.0258. The Labute approximate surface area is 123 Å². The number of benzene rings is 1. The van der Waals surface area contributed by atoms with Crippen molar-refractivity contribution in [2.24, 2.45) is 0 Å². The van der Waals surface area contributed by atoms with E-state index < -0.39 is 0 Å². The van der Waals surface area contributed by atoms with Crippen LogP contribution >= 0.6 is 0 Å². The second-order valence-electron chi connectivity index (χ2n) is 5.01. The number of ether oxygens (including phenoxy) is 2. The van der Waals surface area contributed by atoms with Crippen LogP contribution in [0.4, 0.5) is 0 Å². The maximum Gasteiger partial charge on any atom is 0.168 e. The van der Waals surface area contributed by atoms with E-state index in [4.69, 9.17) is 9.47 Å². The molecule has 0 aliphatic carbocycles. The number of hydrogen-bond acceptors (Lipinski definition) is 6. The molecule has 21 heavy (non-hydrogen) atoms. The minimum atomic E-state index is 0.0258. The molecular formula is C14H19N5O2. The van der Waals surface area contributed by atoms with Crippen LogP contribution in [0.1, 0.15) is 30.4 Å². The third-order valence-electron chi connectivity index (χ3n) is 3.63. The van der Waals surface area contributed by atoms with Gasteiger partial charge in [-0.2, -0.15) is 0 Å². The lowest BCUT2D eigenvalue weighted by atomic mass is 10.1. The van der Waals surface area contributed by atoms with Gasteiger partial charge in [-0.1, -0.05) is 18.2 Å². The fraction of sp³-hybridized carbons (Fsp3) is 0.500. The molecule has 2 unspecified atom stereocenters. The summed E-state index contributed by atoms with van der Waals surface area (Å²) in [6, 6.07) is 8.07. The molecule has 0 fully saturated rings. The van der Waals surface area contributed by atoms with Gasteiger partial charge in [0, 0.05) is 19.2 Å². The van der Waals surface area contributed by atoms with Gasteiger partial charge in [0.1, 0.15) is 18.4 Å². The van der Waals surface area contributed by atoms with Gasteiger partial charge in [0.05, 0.1) is 12.6 Å². The number of tetrazole rings is 1. The number of rotatable bonds is 6. The van der Waals surface area contributed by atoms with Gasteiger partial charge in [-0.05, 0) is 23.4 Å². The average Bonchev–Trinajstić information content (AvgIpc) is 3.13. The van der Waals surface area contributed by atoms with E-state index in [2.05, 4.69) is 26.9 Å². The Morgan fingerprint density at radius 1 is 1.48 bits per heavy atom. The smallest absolute Gasteiger partial charge is 0.168 e. The monoisotopic (exact) mass is 289 g/mol. The van der Waals surface area contributed by atoms with Gasteiger partial charge in [-0.3, -0.25) is 0 Å². The third kappa shape index (κ3) is 2.74. The molecule has 112 valence electrons. The van der Waals surface area contributed by atoms with E-state index in [1.807, 2.05) is 29.8 Å². The van der Waals surface area contributed by atoms with Crippen LogP contribution in [-0.2, 0) is 4.74 Å². The van der Waals surface area contributed by atoms with Gasteiger partial charge in [-0.25, -0.2) is 4.68 Å². The SMILES string of the molecule is COCCNC(C)c1nnnn1C1COc2ccccc21. The van der Waals surface area contributed by atoms with E-state index in [1.165, 1.54) is 0 Å². The van der Waals surface area contributed by atoms with Crippen LogP contribution in [0.25, 0.3) is 0 Å². The normalized spacial score (nSPS) is 18.3. The average molecular weight is 289 g/mol. The van der Waals surface area contributed by atoms with Crippen molar-refractivity contribution in [3.63, 3.8) is 0 Å². The summed E-state index contributed by atoms with van der Waals surface area (Å²) in [4.78, 5) is 0. The molecule has 7 heteroatoms.